The van der Waals surface area contributed by atoms with Crippen molar-refractivity contribution in [2.75, 3.05) is 18.5 Å². The van der Waals surface area contributed by atoms with Gasteiger partial charge in [0.25, 0.3) is 0 Å². The van der Waals surface area contributed by atoms with Gasteiger partial charge in [0.15, 0.2) is 0 Å². The fourth-order valence-electron chi connectivity index (χ4n) is 2.95. The molecule has 1 N–H and O–H groups in total. The van der Waals surface area contributed by atoms with E-state index in [0.29, 0.717) is 11.4 Å². The molecule has 124 valence electrons. The van der Waals surface area contributed by atoms with Gasteiger partial charge >= 0.3 is 0 Å². The lowest BCUT2D eigenvalue weighted by molar-refractivity contribution is -0.120. The Morgan fingerprint density at radius 3 is 3.08 bits per heavy atom. The highest BCUT2D eigenvalue weighted by molar-refractivity contribution is 5.81. The van der Waals surface area contributed by atoms with Crippen LogP contribution >= 0.6 is 0 Å². The Kier molecular flexibility index (Phi) is 4.47. The molecule has 1 atom stereocenters. The number of hydrogen-bond acceptors (Lipinski definition) is 5. The second-order valence-electron chi connectivity index (χ2n) is 6.13. The van der Waals surface area contributed by atoms with Crippen LogP contribution in [0.2, 0.25) is 0 Å². The molecule has 0 unspecified atom stereocenters. The number of fused-ring (bicyclic) bond motifs is 1. The zero-order chi connectivity index (χ0) is 17.1. The van der Waals surface area contributed by atoms with Crippen LogP contribution in [0.3, 0.4) is 0 Å². The van der Waals surface area contributed by atoms with Crippen molar-refractivity contribution in [2.24, 2.45) is 0 Å². The van der Waals surface area contributed by atoms with Crippen LogP contribution in [0.15, 0.2) is 24.5 Å². The Morgan fingerprint density at radius 2 is 2.38 bits per heavy atom. The van der Waals surface area contributed by atoms with Crippen molar-refractivity contribution in [1.29, 1.82) is 5.26 Å². The van der Waals surface area contributed by atoms with E-state index in [1.54, 1.807) is 17.0 Å². The standard InChI is InChI=1S/C17H20N6O/c1-12-9-23-10-14(4-6-16(23)20-12)21-17(24)11-22(2)15-5-3-13(7-18)8-19-15/h3,5,8-9,14H,4,6,10-11H2,1-2H3,(H,21,24)/t14-/m1/s1. The number of pyridine rings is 1. The summed E-state index contributed by atoms with van der Waals surface area (Å²) in [5, 5.41) is 11.9. The van der Waals surface area contributed by atoms with E-state index < -0.39 is 0 Å². The molecule has 0 saturated carbocycles. The van der Waals surface area contributed by atoms with Gasteiger partial charge in [-0.2, -0.15) is 5.26 Å². The number of aryl methyl sites for hydroxylation is 2. The first-order valence-corrected chi connectivity index (χ1v) is 7.94. The number of nitriles is 1. The number of amides is 1. The van der Waals surface area contributed by atoms with E-state index >= 15 is 0 Å². The van der Waals surface area contributed by atoms with Gasteiger partial charge in [0, 0.05) is 38.4 Å². The van der Waals surface area contributed by atoms with E-state index in [1.807, 2.05) is 26.2 Å². The zero-order valence-electron chi connectivity index (χ0n) is 13.9. The van der Waals surface area contributed by atoms with Crippen molar-refractivity contribution in [3.63, 3.8) is 0 Å². The number of imidazole rings is 1. The molecule has 0 aromatic carbocycles. The quantitative estimate of drug-likeness (QED) is 0.907. The number of carbonyl (C=O) groups is 1. The fourth-order valence-corrected chi connectivity index (χ4v) is 2.95. The molecule has 1 aliphatic rings. The van der Waals surface area contributed by atoms with Gasteiger partial charge in [0.05, 0.1) is 17.8 Å². The second-order valence-corrected chi connectivity index (χ2v) is 6.13. The maximum Gasteiger partial charge on any atom is 0.239 e. The topological polar surface area (TPSA) is 86.8 Å². The summed E-state index contributed by atoms with van der Waals surface area (Å²) in [5.41, 5.74) is 1.52. The number of likely N-dealkylation sites (N-methyl/N-ethyl adjacent to an activating group) is 1. The van der Waals surface area contributed by atoms with Crippen molar-refractivity contribution in [2.45, 2.75) is 32.4 Å². The van der Waals surface area contributed by atoms with Gasteiger partial charge in [-0.05, 0) is 25.5 Å². The first kappa shape index (κ1) is 16.0. The summed E-state index contributed by atoms with van der Waals surface area (Å²) in [6, 6.07) is 5.59. The SMILES string of the molecule is Cc1cn2c(n1)CC[C@@H](NC(=O)CN(C)c1ccc(C#N)cn1)C2. The molecule has 24 heavy (non-hydrogen) atoms. The molecule has 3 rings (SSSR count). The highest BCUT2D eigenvalue weighted by atomic mass is 16.2. The minimum Gasteiger partial charge on any atom is -0.350 e. The summed E-state index contributed by atoms with van der Waals surface area (Å²) in [6.45, 7) is 2.98. The number of anilines is 1. The maximum absolute atomic E-state index is 12.3. The van der Waals surface area contributed by atoms with Gasteiger partial charge in [-0.15, -0.1) is 0 Å². The van der Waals surface area contributed by atoms with Crippen LogP contribution in [0.25, 0.3) is 0 Å². The number of rotatable bonds is 4. The van der Waals surface area contributed by atoms with Crippen LogP contribution in [0.1, 0.15) is 23.5 Å². The van der Waals surface area contributed by atoms with E-state index in [0.717, 1.165) is 30.9 Å². The lowest BCUT2D eigenvalue weighted by atomic mass is 10.1. The zero-order valence-corrected chi connectivity index (χ0v) is 13.9. The molecule has 0 spiro atoms. The molecule has 2 aromatic rings. The van der Waals surface area contributed by atoms with Crippen LogP contribution < -0.4 is 10.2 Å². The van der Waals surface area contributed by atoms with Gasteiger partial charge in [-0.25, -0.2) is 9.97 Å². The van der Waals surface area contributed by atoms with E-state index in [2.05, 4.69) is 19.9 Å². The average molecular weight is 324 g/mol. The third-order valence-corrected chi connectivity index (χ3v) is 4.13. The highest BCUT2D eigenvalue weighted by Gasteiger charge is 2.21. The summed E-state index contributed by atoms with van der Waals surface area (Å²) in [6.07, 6.45) is 5.32. The predicted octanol–water partition coefficient (Wildman–Crippen LogP) is 1.03. The molecular formula is C17H20N6O. The number of carbonyl (C=O) groups excluding carboxylic acids is 1. The molecule has 2 aromatic heterocycles. The van der Waals surface area contributed by atoms with Gasteiger partial charge < -0.3 is 14.8 Å². The second kappa shape index (κ2) is 6.71. The maximum atomic E-state index is 12.3. The lowest BCUT2D eigenvalue weighted by Gasteiger charge is -2.26. The van der Waals surface area contributed by atoms with E-state index in [-0.39, 0.29) is 18.5 Å². The molecule has 7 nitrogen and oxygen atoms in total. The Morgan fingerprint density at radius 1 is 1.54 bits per heavy atom. The Balaban J connectivity index is 1.54. The summed E-state index contributed by atoms with van der Waals surface area (Å²) >= 11 is 0. The summed E-state index contributed by atoms with van der Waals surface area (Å²) in [4.78, 5) is 22.7. The van der Waals surface area contributed by atoms with Crippen LogP contribution in [0.4, 0.5) is 5.82 Å². The molecule has 7 heteroatoms. The van der Waals surface area contributed by atoms with Crippen LogP contribution in [0.5, 0.6) is 0 Å². The van der Waals surface area contributed by atoms with Gasteiger partial charge in [0.2, 0.25) is 5.91 Å². The van der Waals surface area contributed by atoms with Crippen LogP contribution in [-0.4, -0.2) is 40.1 Å². The van der Waals surface area contributed by atoms with Crippen molar-refractivity contribution in [3.8, 4) is 6.07 Å². The Bertz CT molecular complexity index is 773. The van der Waals surface area contributed by atoms with Gasteiger partial charge in [0.1, 0.15) is 17.7 Å². The Labute approximate surface area is 140 Å². The lowest BCUT2D eigenvalue weighted by Crippen LogP contribution is -2.45. The average Bonchev–Trinajstić information content (AvgIpc) is 2.94. The molecular weight excluding hydrogens is 304 g/mol. The van der Waals surface area contributed by atoms with Crippen molar-refractivity contribution in [3.05, 3.63) is 41.6 Å². The number of nitrogens with one attached hydrogen (secondary N) is 1. The molecule has 0 saturated heterocycles. The summed E-state index contributed by atoms with van der Waals surface area (Å²) < 4.78 is 2.12. The molecule has 1 amide bonds. The van der Waals surface area contributed by atoms with Gasteiger partial charge in [-0.3, -0.25) is 4.79 Å². The normalized spacial score (nSPS) is 16.1. The third kappa shape index (κ3) is 3.54. The van der Waals surface area contributed by atoms with Crippen LogP contribution in [0, 0.1) is 18.3 Å². The molecule has 0 fully saturated rings. The Hall–Kier alpha value is -2.88. The van der Waals surface area contributed by atoms with Crippen molar-refractivity contribution in [1.82, 2.24) is 19.9 Å². The van der Waals surface area contributed by atoms with Crippen molar-refractivity contribution < 1.29 is 4.79 Å². The molecule has 0 radical (unpaired) electrons. The molecule has 3 heterocycles. The van der Waals surface area contributed by atoms with E-state index in [9.17, 15) is 4.79 Å². The number of nitrogens with zero attached hydrogens (tertiary/aromatic N) is 5. The summed E-state index contributed by atoms with van der Waals surface area (Å²) in [7, 11) is 1.81. The largest absolute Gasteiger partial charge is 0.350 e. The first-order valence-electron chi connectivity index (χ1n) is 7.94. The minimum absolute atomic E-state index is 0.0334. The van der Waals surface area contributed by atoms with Crippen molar-refractivity contribution >= 4 is 11.7 Å². The van der Waals surface area contributed by atoms with Gasteiger partial charge in [-0.1, -0.05) is 0 Å². The molecule has 0 bridgehead atoms. The first-order chi connectivity index (χ1) is 11.5. The minimum atomic E-state index is -0.0334. The van der Waals surface area contributed by atoms with E-state index in [1.165, 1.54) is 6.20 Å². The fraction of sp³-hybridized carbons (Fsp3) is 0.412. The van der Waals surface area contributed by atoms with Crippen LogP contribution in [-0.2, 0) is 17.8 Å². The van der Waals surface area contributed by atoms with E-state index in [4.69, 9.17) is 5.26 Å². The smallest absolute Gasteiger partial charge is 0.239 e. The summed E-state index contributed by atoms with van der Waals surface area (Å²) in [5.74, 6) is 1.73. The number of hydrogen-bond donors (Lipinski definition) is 1. The third-order valence-electron chi connectivity index (χ3n) is 4.13. The molecule has 1 aliphatic heterocycles. The monoisotopic (exact) mass is 324 g/mol. The predicted molar refractivity (Wildman–Crippen MR) is 89.4 cm³/mol. The molecule has 0 aliphatic carbocycles. The highest BCUT2D eigenvalue weighted by Crippen LogP contribution is 2.15. The number of aromatic nitrogens is 3.